The maximum Gasteiger partial charge on any atom is 0.168 e. The van der Waals surface area contributed by atoms with Crippen LogP contribution in [0, 0.1) is 18.6 Å². The number of aromatic nitrogens is 2. The number of halogens is 3. The molecule has 2 heterocycles. The second kappa shape index (κ2) is 4.42. The number of rotatable bonds is 1. The first kappa shape index (κ1) is 12.3. The van der Waals surface area contributed by atoms with Crippen LogP contribution in [0.1, 0.15) is 5.69 Å². The Morgan fingerprint density at radius 3 is 2.74 bits per heavy atom. The molecular formula is C14H9BrF2N2. The summed E-state index contributed by atoms with van der Waals surface area (Å²) in [5, 5.41) is 0. The summed E-state index contributed by atoms with van der Waals surface area (Å²) in [6, 6.07) is 7.78. The van der Waals surface area contributed by atoms with Crippen LogP contribution in [0.2, 0.25) is 0 Å². The van der Waals surface area contributed by atoms with Crippen molar-refractivity contribution in [2.24, 2.45) is 0 Å². The zero-order valence-corrected chi connectivity index (χ0v) is 11.6. The van der Waals surface area contributed by atoms with Gasteiger partial charge in [0.15, 0.2) is 11.6 Å². The highest BCUT2D eigenvalue weighted by molar-refractivity contribution is 9.10. The summed E-state index contributed by atoms with van der Waals surface area (Å²) in [6.45, 7) is 1.92. The lowest BCUT2D eigenvalue weighted by Crippen LogP contribution is -1.90. The van der Waals surface area contributed by atoms with Gasteiger partial charge < -0.3 is 4.40 Å². The molecule has 0 fully saturated rings. The van der Waals surface area contributed by atoms with Gasteiger partial charge >= 0.3 is 0 Å². The van der Waals surface area contributed by atoms with Crippen LogP contribution in [0.15, 0.2) is 41.0 Å². The van der Waals surface area contributed by atoms with Gasteiger partial charge in [-0.3, -0.25) is 0 Å². The second-order valence-corrected chi connectivity index (χ2v) is 5.08. The molecule has 3 rings (SSSR count). The minimum absolute atomic E-state index is 0.166. The Hall–Kier alpha value is -1.75. The van der Waals surface area contributed by atoms with Crippen molar-refractivity contribution in [2.75, 3.05) is 0 Å². The predicted molar refractivity (Wildman–Crippen MR) is 73.0 cm³/mol. The average molecular weight is 323 g/mol. The van der Waals surface area contributed by atoms with E-state index in [1.165, 1.54) is 12.1 Å². The van der Waals surface area contributed by atoms with Crippen LogP contribution < -0.4 is 0 Å². The lowest BCUT2D eigenvalue weighted by atomic mass is 10.1. The van der Waals surface area contributed by atoms with E-state index in [9.17, 15) is 8.78 Å². The highest BCUT2D eigenvalue weighted by Gasteiger charge is 2.13. The van der Waals surface area contributed by atoms with Crippen LogP contribution in [0.4, 0.5) is 8.78 Å². The summed E-state index contributed by atoms with van der Waals surface area (Å²) >= 11 is 3.43. The van der Waals surface area contributed by atoms with Gasteiger partial charge in [-0.05, 0) is 47.1 Å². The van der Waals surface area contributed by atoms with Crippen molar-refractivity contribution in [3.8, 4) is 11.3 Å². The van der Waals surface area contributed by atoms with Crippen molar-refractivity contribution < 1.29 is 8.78 Å². The summed E-state index contributed by atoms with van der Waals surface area (Å²) in [5.41, 5.74) is 2.23. The van der Waals surface area contributed by atoms with E-state index in [1.807, 2.05) is 23.5 Å². The Labute approximate surface area is 116 Å². The van der Waals surface area contributed by atoms with Gasteiger partial charge in [0.05, 0.1) is 5.69 Å². The molecule has 0 amide bonds. The minimum atomic E-state index is -0.873. The first-order chi connectivity index (χ1) is 9.08. The monoisotopic (exact) mass is 322 g/mol. The number of hydrogen-bond acceptors (Lipinski definition) is 1. The van der Waals surface area contributed by atoms with Crippen LogP contribution >= 0.6 is 15.9 Å². The Kier molecular flexibility index (Phi) is 2.86. The fourth-order valence-electron chi connectivity index (χ4n) is 2.00. The number of imidazole rings is 1. The quantitative estimate of drug-likeness (QED) is 0.651. The Morgan fingerprint density at radius 1 is 1.16 bits per heavy atom. The van der Waals surface area contributed by atoms with Crippen molar-refractivity contribution in [2.45, 2.75) is 6.92 Å². The number of pyridine rings is 1. The molecule has 3 aromatic rings. The van der Waals surface area contributed by atoms with E-state index in [1.54, 1.807) is 6.20 Å². The summed E-state index contributed by atoms with van der Waals surface area (Å²) in [5.74, 6) is -1.74. The van der Waals surface area contributed by atoms with Gasteiger partial charge in [-0.15, -0.1) is 0 Å². The number of aryl methyl sites for hydroxylation is 1. The van der Waals surface area contributed by atoms with Gasteiger partial charge in [-0.2, -0.15) is 0 Å². The molecule has 19 heavy (non-hydrogen) atoms. The summed E-state index contributed by atoms with van der Waals surface area (Å²) in [7, 11) is 0. The topological polar surface area (TPSA) is 17.3 Å². The zero-order valence-electron chi connectivity index (χ0n) is 9.99. The number of benzene rings is 1. The zero-order chi connectivity index (χ0) is 13.6. The molecule has 96 valence electrons. The molecule has 0 saturated carbocycles. The Balaban J connectivity index is 2.27. The molecule has 0 N–H and O–H groups in total. The van der Waals surface area contributed by atoms with Crippen molar-refractivity contribution in [1.82, 2.24) is 9.38 Å². The van der Waals surface area contributed by atoms with Gasteiger partial charge in [0, 0.05) is 21.9 Å². The fraction of sp³-hybridized carbons (Fsp3) is 0.0714. The average Bonchev–Trinajstić information content (AvgIpc) is 2.82. The van der Waals surface area contributed by atoms with Gasteiger partial charge in [0.1, 0.15) is 5.65 Å². The van der Waals surface area contributed by atoms with Crippen molar-refractivity contribution in [3.05, 3.63) is 58.3 Å². The van der Waals surface area contributed by atoms with Crippen LogP contribution in [0.25, 0.3) is 16.9 Å². The van der Waals surface area contributed by atoms with Crippen molar-refractivity contribution in [3.63, 3.8) is 0 Å². The Morgan fingerprint density at radius 2 is 1.95 bits per heavy atom. The van der Waals surface area contributed by atoms with E-state index in [-0.39, 0.29) is 5.56 Å². The van der Waals surface area contributed by atoms with E-state index in [0.717, 1.165) is 16.2 Å². The fourth-order valence-corrected chi connectivity index (χ4v) is 2.32. The van der Waals surface area contributed by atoms with E-state index in [4.69, 9.17) is 0 Å². The molecule has 2 aromatic heterocycles. The molecule has 0 saturated heterocycles. The first-order valence-electron chi connectivity index (χ1n) is 5.66. The molecular weight excluding hydrogens is 314 g/mol. The van der Waals surface area contributed by atoms with Crippen LogP contribution in [0.3, 0.4) is 0 Å². The molecule has 1 aromatic carbocycles. The largest absolute Gasteiger partial charge is 0.303 e. The van der Waals surface area contributed by atoms with Gasteiger partial charge in [-0.25, -0.2) is 13.8 Å². The standard InChI is InChI=1S/C14H9BrF2N2/c1-8-10(15)5-6-13-18-12(7-19(8)13)9-3-2-4-11(16)14(9)17/h2-7H,1H3. The summed E-state index contributed by atoms with van der Waals surface area (Å²) < 4.78 is 29.8. The minimum Gasteiger partial charge on any atom is -0.303 e. The van der Waals surface area contributed by atoms with Crippen molar-refractivity contribution >= 4 is 21.6 Å². The number of nitrogens with zero attached hydrogens (tertiary/aromatic N) is 2. The molecule has 0 aliphatic rings. The molecule has 0 radical (unpaired) electrons. The predicted octanol–water partition coefficient (Wildman–Crippen LogP) is 4.35. The highest BCUT2D eigenvalue weighted by Crippen LogP contribution is 2.26. The maximum absolute atomic E-state index is 13.8. The SMILES string of the molecule is Cc1c(Br)ccc2nc(-c3cccc(F)c3F)cn12. The van der Waals surface area contributed by atoms with Gasteiger partial charge in [-0.1, -0.05) is 6.07 Å². The molecule has 2 nitrogen and oxygen atoms in total. The molecule has 5 heteroatoms. The number of hydrogen-bond donors (Lipinski definition) is 0. The summed E-state index contributed by atoms with van der Waals surface area (Å²) in [4.78, 5) is 4.32. The highest BCUT2D eigenvalue weighted by atomic mass is 79.9. The van der Waals surface area contributed by atoms with Crippen molar-refractivity contribution in [1.29, 1.82) is 0 Å². The van der Waals surface area contributed by atoms with E-state index >= 15 is 0 Å². The lowest BCUT2D eigenvalue weighted by Gasteiger charge is -2.00. The number of fused-ring (bicyclic) bond motifs is 1. The molecule has 0 bridgehead atoms. The lowest BCUT2D eigenvalue weighted by molar-refractivity contribution is 0.511. The normalized spacial score (nSPS) is 11.2. The van der Waals surface area contributed by atoms with Gasteiger partial charge in [0.2, 0.25) is 0 Å². The second-order valence-electron chi connectivity index (χ2n) is 4.22. The summed E-state index contributed by atoms with van der Waals surface area (Å²) in [6.07, 6.45) is 1.70. The third-order valence-electron chi connectivity index (χ3n) is 3.05. The third-order valence-corrected chi connectivity index (χ3v) is 3.88. The Bertz CT molecular complexity index is 780. The molecule has 0 atom stereocenters. The van der Waals surface area contributed by atoms with Crippen LogP contribution in [-0.4, -0.2) is 9.38 Å². The smallest absolute Gasteiger partial charge is 0.168 e. The van der Waals surface area contributed by atoms with E-state index < -0.39 is 11.6 Å². The van der Waals surface area contributed by atoms with Crippen LogP contribution in [-0.2, 0) is 0 Å². The van der Waals surface area contributed by atoms with Gasteiger partial charge in [0.25, 0.3) is 0 Å². The third kappa shape index (κ3) is 1.94. The molecule has 0 spiro atoms. The van der Waals surface area contributed by atoms with Crippen LogP contribution in [0.5, 0.6) is 0 Å². The first-order valence-corrected chi connectivity index (χ1v) is 6.46. The maximum atomic E-state index is 13.8. The molecule has 0 aliphatic carbocycles. The molecule has 0 unspecified atom stereocenters. The van der Waals surface area contributed by atoms with E-state index in [0.29, 0.717) is 11.3 Å². The van der Waals surface area contributed by atoms with E-state index in [2.05, 4.69) is 20.9 Å². The molecule has 0 aliphatic heterocycles.